The van der Waals surface area contributed by atoms with Gasteiger partial charge in [-0.25, -0.2) is 27.3 Å². The normalized spacial score (nSPS) is 15.7. The minimum absolute atomic E-state index is 0.141. The van der Waals surface area contributed by atoms with Crippen LogP contribution in [0.2, 0.25) is 25.7 Å². The maximum Gasteiger partial charge on any atom is 0.410 e. The molecule has 1 aliphatic rings. The highest BCUT2D eigenvalue weighted by Crippen LogP contribution is 2.39. The van der Waals surface area contributed by atoms with Gasteiger partial charge in [-0.3, -0.25) is 0 Å². The summed E-state index contributed by atoms with van der Waals surface area (Å²) in [6.07, 6.45) is 5.87. The molecule has 1 N–H and O–H groups in total. The van der Waals surface area contributed by atoms with E-state index in [1.165, 1.54) is 6.07 Å². The molecule has 0 radical (unpaired) electrons. The zero-order chi connectivity index (χ0) is 33.9. The first kappa shape index (κ1) is 35.8. The zero-order valence-corrected chi connectivity index (χ0v) is 30.2. The van der Waals surface area contributed by atoms with E-state index in [-0.39, 0.29) is 30.3 Å². The average Bonchev–Trinajstić information content (AvgIpc) is 3.31. The summed E-state index contributed by atoms with van der Waals surface area (Å²) in [6.45, 7) is 17.0. The summed E-state index contributed by atoms with van der Waals surface area (Å²) in [4.78, 5) is 19.0. The van der Waals surface area contributed by atoms with Crippen molar-refractivity contribution in [2.24, 2.45) is 5.41 Å². The molecular formula is C33H49FN4O6SSi-. The van der Waals surface area contributed by atoms with Crippen molar-refractivity contribution in [2.75, 3.05) is 32.6 Å². The van der Waals surface area contributed by atoms with Gasteiger partial charge in [0.15, 0.2) is 0 Å². The van der Waals surface area contributed by atoms with E-state index in [1.807, 2.05) is 37.6 Å². The second-order valence-electron chi connectivity index (χ2n) is 14.8. The fourth-order valence-electron chi connectivity index (χ4n) is 5.18. The number of rotatable bonds is 12. The molecule has 46 heavy (non-hydrogen) atoms. The molecule has 1 amide bonds. The van der Waals surface area contributed by atoms with Crippen molar-refractivity contribution in [3.05, 3.63) is 48.0 Å². The molecule has 0 saturated carbocycles. The predicted molar refractivity (Wildman–Crippen MR) is 182 cm³/mol. The first-order chi connectivity index (χ1) is 21.3. The lowest BCUT2D eigenvalue weighted by Crippen LogP contribution is -2.46. The Morgan fingerprint density at radius 2 is 1.85 bits per heavy atom. The average molecular weight is 677 g/mol. The van der Waals surface area contributed by atoms with Crippen LogP contribution in [0.15, 0.2) is 36.7 Å². The molecule has 2 aromatic heterocycles. The van der Waals surface area contributed by atoms with Gasteiger partial charge in [-0.1, -0.05) is 19.1 Å². The number of benzene rings is 1. The van der Waals surface area contributed by atoms with Crippen LogP contribution in [0, 0.1) is 11.2 Å². The molecule has 1 saturated heterocycles. The van der Waals surface area contributed by atoms with E-state index in [2.05, 4.69) is 36.3 Å². The van der Waals surface area contributed by atoms with E-state index >= 15 is 4.39 Å². The van der Waals surface area contributed by atoms with Crippen molar-refractivity contribution >= 4 is 35.2 Å². The first-order valence-electron chi connectivity index (χ1n) is 15.7. The summed E-state index contributed by atoms with van der Waals surface area (Å²) in [5.41, 5.74) is 1.54. The first-order valence-corrected chi connectivity index (χ1v) is 21.3. The molecule has 1 aromatic carbocycles. The largest absolute Gasteiger partial charge is 0.492 e. The monoisotopic (exact) mass is 676 g/mol. The number of ether oxygens (including phenoxy) is 3. The Hall–Kier alpha value is -3.00. The molecule has 0 spiro atoms. The van der Waals surface area contributed by atoms with Crippen LogP contribution in [-0.4, -0.2) is 75.2 Å². The topological polar surface area (TPSA) is 112 Å². The number of likely N-dealkylation sites (tertiary alicyclic amines) is 1. The van der Waals surface area contributed by atoms with E-state index in [0.29, 0.717) is 43.3 Å². The van der Waals surface area contributed by atoms with Crippen molar-refractivity contribution in [2.45, 2.75) is 85.1 Å². The highest BCUT2D eigenvalue weighted by molar-refractivity contribution is 7.88. The van der Waals surface area contributed by atoms with E-state index < -0.39 is 29.5 Å². The number of nitrogens with one attached hydrogen (secondary N) is 1. The Bertz CT molecular complexity index is 1640. The molecule has 0 atom stereocenters. The third-order valence-corrected chi connectivity index (χ3v) is 10.4. The van der Waals surface area contributed by atoms with Gasteiger partial charge < -0.3 is 23.7 Å². The smallest absolute Gasteiger partial charge is 0.410 e. The van der Waals surface area contributed by atoms with Crippen molar-refractivity contribution in [1.29, 1.82) is 0 Å². The van der Waals surface area contributed by atoms with Crippen LogP contribution < -0.4 is 9.46 Å². The third kappa shape index (κ3) is 10.00. The van der Waals surface area contributed by atoms with Crippen LogP contribution in [0.1, 0.15) is 46.1 Å². The van der Waals surface area contributed by atoms with E-state index in [4.69, 9.17) is 14.2 Å². The van der Waals surface area contributed by atoms with Crippen LogP contribution in [-0.2, 0) is 32.8 Å². The number of halogens is 1. The quantitative estimate of drug-likeness (QED) is 0.170. The van der Waals surface area contributed by atoms with Gasteiger partial charge in [0.2, 0.25) is 10.0 Å². The Labute approximate surface area is 273 Å². The second-order valence-corrected chi connectivity index (χ2v) is 22.3. The number of sulfonamides is 1. The molecule has 1 aliphatic heterocycles. The molecule has 255 valence electrons. The lowest BCUT2D eigenvalue weighted by molar-refractivity contribution is 0.00602. The summed E-state index contributed by atoms with van der Waals surface area (Å²) in [5.74, 6) is 0.108. The van der Waals surface area contributed by atoms with Crippen LogP contribution in [0.4, 0.5) is 9.18 Å². The number of hydrogen-bond acceptors (Lipinski definition) is 7. The molecule has 1 fully saturated rings. The molecule has 10 nitrogen and oxygen atoms in total. The fraction of sp³-hybridized carbons (Fsp3) is 0.576. The Kier molecular flexibility index (Phi) is 10.9. The Morgan fingerprint density at radius 3 is 2.46 bits per heavy atom. The minimum atomic E-state index is -3.47. The number of nitrogens with zero attached hydrogens (tertiary/aromatic N) is 3. The van der Waals surface area contributed by atoms with Gasteiger partial charge in [-0.05, 0) is 51.3 Å². The van der Waals surface area contributed by atoms with Crippen LogP contribution in [0.3, 0.4) is 0 Å². The molecular weight excluding hydrogens is 628 g/mol. The number of amides is 1. The lowest BCUT2D eigenvalue weighted by Gasteiger charge is -2.39. The molecule has 0 bridgehead atoms. The van der Waals surface area contributed by atoms with Gasteiger partial charge in [-0.2, -0.15) is 19.6 Å². The maximum absolute atomic E-state index is 15.3. The lowest BCUT2D eigenvalue weighted by atomic mass is 9.81. The van der Waals surface area contributed by atoms with Crippen molar-refractivity contribution < 1.29 is 31.8 Å². The van der Waals surface area contributed by atoms with Crippen LogP contribution >= 0.6 is 0 Å². The third-order valence-electron chi connectivity index (χ3n) is 8.03. The summed E-state index contributed by atoms with van der Waals surface area (Å²) >= 11 is 0. The molecule has 0 aliphatic carbocycles. The number of carbonyl (C=O) groups is 1. The van der Waals surface area contributed by atoms with Crippen molar-refractivity contribution in [3.63, 3.8) is 0 Å². The van der Waals surface area contributed by atoms with Crippen LogP contribution in [0.25, 0.3) is 22.2 Å². The van der Waals surface area contributed by atoms with E-state index in [1.54, 1.807) is 23.2 Å². The Balaban J connectivity index is 1.59. The summed E-state index contributed by atoms with van der Waals surface area (Å²) < 4.78 is 60.8. The van der Waals surface area contributed by atoms with Gasteiger partial charge in [0, 0.05) is 55.2 Å². The number of carbonyl (C=O) groups excluding carboxylic acids is 1. The minimum Gasteiger partial charge on any atom is -0.492 e. The highest BCUT2D eigenvalue weighted by atomic mass is 32.2. The van der Waals surface area contributed by atoms with Gasteiger partial charge in [0.1, 0.15) is 29.5 Å². The van der Waals surface area contributed by atoms with Gasteiger partial charge >= 0.3 is 6.09 Å². The van der Waals surface area contributed by atoms with E-state index in [9.17, 15) is 13.2 Å². The molecule has 4 rings (SSSR count). The number of aromatic nitrogens is 2. The van der Waals surface area contributed by atoms with Crippen molar-refractivity contribution in [3.8, 4) is 16.9 Å². The van der Waals surface area contributed by atoms with Crippen LogP contribution in [0.5, 0.6) is 5.75 Å². The standard InChI is InChI=1S/C33H49FN4O6SSi/c1-32(2,3)44-31(39)37-15-12-33(4,13-16-37)22-43-28-11-14-35-30-29(28)26(21-38(30)23-42-17-18-46(6,7)8)24-9-10-25(27(34)19-24)20-36-45(5,40)41/h9-11,14,19,21,36H,12-13,15-18,20,22-23H2,1-8H3/q-1. The molecule has 0 unspecified atom stereocenters. The SMILES string of the molecule is CC1(COc2ccnc3c2c(-c2ccc(CNS(C)(=O)=O)c(F)c2)cn3COCC[Si-](C)(C)C)CCN(C(=O)OC(C)(C)C)CC1. The van der Waals surface area contributed by atoms with E-state index in [0.717, 1.165) is 36.1 Å². The van der Waals surface area contributed by atoms with Crippen molar-refractivity contribution in [1.82, 2.24) is 19.2 Å². The molecule has 3 heterocycles. The number of piperidine rings is 1. The van der Waals surface area contributed by atoms with Gasteiger partial charge in [0.05, 0.1) is 18.2 Å². The number of hydrogen-bond donors (Lipinski definition) is 1. The van der Waals surface area contributed by atoms with Gasteiger partial charge in [0.25, 0.3) is 0 Å². The second kappa shape index (κ2) is 14.0. The Morgan fingerprint density at radius 1 is 1.15 bits per heavy atom. The zero-order valence-electron chi connectivity index (χ0n) is 28.4. The highest BCUT2D eigenvalue weighted by Gasteiger charge is 2.34. The number of pyridine rings is 1. The summed E-state index contributed by atoms with van der Waals surface area (Å²) in [5, 5.41) is 0.743. The summed E-state index contributed by atoms with van der Waals surface area (Å²) in [7, 11) is -4.75. The predicted octanol–water partition coefficient (Wildman–Crippen LogP) is 6.62. The summed E-state index contributed by atoms with van der Waals surface area (Å²) in [6, 6.07) is 7.63. The fourth-order valence-corrected chi connectivity index (χ4v) is 6.36. The van der Waals surface area contributed by atoms with Gasteiger partial charge in [-0.15, -0.1) is 14.1 Å². The molecule has 13 heteroatoms. The molecule has 3 aromatic rings. The number of fused-ring (bicyclic) bond motifs is 1. The maximum atomic E-state index is 15.3.